The van der Waals surface area contributed by atoms with Gasteiger partial charge in [0.1, 0.15) is 0 Å². The summed E-state index contributed by atoms with van der Waals surface area (Å²) in [6, 6.07) is 0. The molecule has 41 heavy (non-hydrogen) atoms. The lowest BCUT2D eigenvalue weighted by Crippen LogP contribution is -2.15. The Bertz CT molecular complexity index is 403. The van der Waals surface area contributed by atoms with E-state index in [1.54, 1.807) is 0 Å². The van der Waals surface area contributed by atoms with Crippen molar-refractivity contribution < 1.29 is 37.9 Å². The summed E-state index contributed by atoms with van der Waals surface area (Å²) in [5.41, 5.74) is 0. The summed E-state index contributed by atoms with van der Waals surface area (Å²) in [6.07, 6.45) is 19.8. The summed E-state index contributed by atoms with van der Waals surface area (Å²) in [5.74, 6) is 0. The van der Waals surface area contributed by atoms with Crippen LogP contribution in [-0.2, 0) is 37.9 Å². The average Bonchev–Trinajstić information content (AvgIpc) is 2.98. The van der Waals surface area contributed by atoms with E-state index in [0.717, 1.165) is 26.1 Å². The Labute approximate surface area is 253 Å². The first kappa shape index (κ1) is 40.7. The van der Waals surface area contributed by atoms with Crippen molar-refractivity contribution in [2.75, 3.05) is 106 Å². The maximum Gasteiger partial charge on any atom is 0.0701 e. The molecular formula is C33H68O8. The molecule has 0 fully saturated rings. The highest BCUT2D eigenvalue weighted by Gasteiger charge is 1.97. The van der Waals surface area contributed by atoms with Crippen molar-refractivity contribution in [2.24, 2.45) is 0 Å². The molecule has 0 aromatic heterocycles. The molecule has 0 atom stereocenters. The predicted molar refractivity (Wildman–Crippen MR) is 167 cm³/mol. The predicted octanol–water partition coefficient (Wildman–Crippen LogP) is 7.01. The molecule has 0 spiro atoms. The number of ether oxygens (including phenoxy) is 8. The summed E-state index contributed by atoms with van der Waals surface area (Å²) in [5, 5.41) is 0. The summed E-state index contributed by atoms with van der Waals surface area (Å²) in [7, 11) is 0. The van der Waals surface area contributed by atoms with E-state index in [2.05, 4.69) is 13.8 Å². The van der Waals surface area contributed by atoms with Crippen LogP contribution in [0.15, 0.2) is 0 Å². The molecule has 0 aliphatic heterocycles. The summed E-state index contributed by atoms with van der Waals surface area (Å²) in [4.78, 5) is 0. The molecule has 0 radical (unpaired) electrons. The minimum Gasteiger partial charge on any atom is -0.379 e. The Hall–Kier alpha value is -0.320. The molecule has 0 amide bonds. The topological polar surface area (TPSA) is 73.8 Å². The van der Waals surface area contributed by atoms with Gasteiger partial charge in [-0.2, -0.15) is 0 Å². The Morgan fingerprint density at radius 1 is 0.195 bits per heavy atom. The Morgan fingerprint density at radius 2 is 0.366 bits per heavy atom. The highest BCUT2D eigenvalue weighted by Crippen LogP contribution is 2.10. The monoisotopic (exact) mass is 592 g/mol. The number of hydrogen-bond donors (Lipinski definition) is 0. The molecule has 8 heteroatoms. The second-order valence-electron chi connectivity index (χ2n) is 10.5. The Kier molecular flexibility index (Phi) is 39.4. The zero-order valence-corrected chi connectivity index (χ0v) is 27.2. The largest absolute Gasteiger partial charge is 0.379 e. The van der Waals surface area contributed by atoms with Crippen molar-refractivity contribution in [3.05, 3.63) is 0 Å². The maximum atomic E-state index is 5.65. The van der Waals surface area contributed by atoms with Gasteiger partial charge in [-0.15, -0.1) is 0 Å². The molecule has 0 saturated carbocycles. The second kappa shape index (κ2) is 39.7. The molecule has 0 rings (SSSR count). The van der Waals surface area contributed by atoms with Crippen molar-refractivity contribution in [1.82, 2.24) is 0 Å². The number of hydrogen-bond acceptors (Lipinski definition) is 8. The molecule has 0 aromatic rings. The van der Waals surface area contributed by atoms with Gasteiger partial charge in [-0.1, -0.05) is 97.3 Å². The maximum absolute atomic E-state index is 5.65. The number of unbranched alkanes of at least 4 members (excludes halogenated alkanes) is 13. The van der Waals surface area contributed by atoms with Crippen LogP contribution in [0.5, 0.6) is 0 Å². The van der Waals surface area contributed by atoms with E-state index in [-0.39, 0.29) is 0 Å². The van der Waals surface area contributed by atoms with E-state index in [4.69, 9.17) is 37.9 Å². The lowest BCUT2D eigenvalue weighted by molar-refractivity contribution is -0.0232. The van der Waals surface area contributed by atoms with Crippen LogP contribution < -0.4 is 0 Å². The fraction of sp³-hybridized carbons (Fsp3) is 1.00. The smallest absolute Gasteiger partial charge is 0.0701 e. The van der Waals surface area contributed by atoms with Crippen LogP contribution in [0.1, 0.15) is 110 Å². The molecule has 0 unspecified atom stereocenters. The third-order valence-electron chi connectivity index (χ3n) is 6.64. The second-order valence-corrected chi connectivity index (χ2v) is 10.5. The van der Waals surface area contributed by atoms with Crippen LogP contribution in [-0.4, -0.2) is 106 Å². The SMILES string of the molecule is CCCCCCCCCCCCOCCOCCOCCOCCOCCOCCOCCOCCCCCCC. The van der Waals surface area contributed by atoms with E-state index >= 15 is 0 Å². The lowest BCUT2D eigenvalue weighted by Gasteiger charge is -2.09. The molecule has 248 valence electrons. The summed E-state index contributed by atoms with van der Waals surface area (Å²) >= 11 is 0. The van der Waals surface area contributed by atoms with Crippen molar-refractivity contribution >= 4 is 0 Å². The molecule has 8 nitrogen and oxygen atoms in total. The standard InChI is InChI=1S/C33H68O8/c1-3-5-7-9-10-11-12-13-15-17-19-35-21-23-37-25-27-39-29-31-41-33-32-40-30-28-38-26-24-36-22-20-34-18-16-14-8-6-4-2/h3-33H2,1-2H3. The Balaban J connectivity index is 3.02. The van der Waals surface area contributed by atoms with Gasteiger partial charge in [0.2, 0.25) is 0 Å². The van der Waals surface area contributed by atoms with E-state index in [9.17, 15) is 0 Å². The van der Waals surface area contributed by atoms with Crippen molar-refractivity contribution in [1.29, 1.82) is 0 Å². The van der Waals surface area contributed by atoms with Crippen LogP contribution >= 0.6 is 0 Å². The molecular weight excluding hydrogens is 524 g/mol. The lowest BCUT2D eigenvalue weighted by atomic mass is 10.1. The van der Waals surface area contributed by atoms with Crippen LogP contribution in [0.3, 0.4) is 0 Å². The van der Waals surface area contributed by atoms with Gasteiger partial charge < -0.3 is 37.9 Å². The number of rotatable bonds is 38. The van der Waals surface area contributed by atoms with Gasteiger partial charge in [-0.05, 0) is 12.8 Å². The van der Waals surface area contributed by atoms with Crippen LogP contribution in [0, 0.1) is 0 Å². The molecule has 0 bridgehead atoms. The van der Waals surface area contributed by atoms with Gasteiger partial charge in [0.15, 0.2) is 0 Å². The third kappa shape index (κ3) is 39.7. The molecule has 0 N–H and O–H groups in total. The van der Waals surface area contributed by atoms with Gasteiger partial charge in [0.25, 0.3) is 0 Å². The zero-order valence-electron chi connectivity index (χ0n) is 27.2. The first-order valence-corrected chi connectivity index (χ1v) is 17.0. The summed E-state index contributed by atoms with van der Waals surface area (Å²) < 4.78 is 44.3. The molecule has 0 aliphatic carbocycles. The first-order chi connectivity index (χ1) is 20.4. The van der Waals surface area contributed by atoms with Crippen LogP contribution in [0.25, 0.3) is 0 Å². The quantitative estimate of drug-likeness (QED) is 0.0709. The van der Waals surface area contributed by atoms with Crippen LogP contribution in [0.4, 0.5) is 0 Å². The van der Waals surface area contributed by atoms with Crippen molar-refractivity contribution in [3.8, 4) is 0 Å². The zero-order chi connectivity index (χ0) is 29.6. The van der Waals surface area contributed by atoms with Crippen molar-refractivity contribution in [3.63, 3.8) is 0 Å². The van der Waals surface area contributed by atoms with Gasteiger partial charge in [-0.25, -0.2) is 0 Å². The third-order valence-corrected chi connectivity index (χ3v) is 6.64. The molecule has 0 saturated heterocycles. The summed E-state index contributed by atoms with van der Waals surface area (Å²) in [6.45, 7) is 14.4. The fourth-order valence-electron chi connectivity index (χ4n) is 4.14. The van der Waals surface area contributed by atoms with Crippen molar-refractivity contribution in [2.45, 2.75) is 110 Å². The minimum absolute atomic E-state index is 0.553. The van der Waals surface area contributed by atoms with E-state index in [0.29, 0.717) is 92.5 Å². The first-order valence-electron chi connectivity index (χ1n) is 17.0. The molecule has 0 aromatic carbocycles. The van der Waals surface area contributed by atoms with Gasteiger partial charge >= 0.3 is 0 Å². The minimum atomic E-state index is 0.553. The average molecular weight is 593 g/mol. The van der Waals surface area contributed by atoms with Gasteiger partial charge in [0, 0.05) is 13.2 Å². The normalized spacial score (nSPS) is 11.6. The van der Waals surface area contributed by atoms with E-state index < -0.39 is 0 Å². The van der Waals surface area contributed by atoms with Gasteiger partial charge in [0.05, 0.1) is 92.5 Å². The van der Waals surface area contributed by atoms with E-state index in [1.807, 2.05) is 0 Å². The molecule has 0 heterocycles. The highest BCUT2D eigenvalue weighted by atomic mass is 16.6. The van der Waals surface area contributed by atoms with E-state index in [1.165, 1.54) is 83.5 Å². The highest BCUT2D eigenvalue weighted by molar-refractivity contribution is 4.47. The Morgan fingerprint density at radius 3 is 0.585 bits per heavy atom. The van der Waals surface area contributed by atoms with Crippen LogP contribution in [0.2, 0.25) is 0 Å². The fourth-order valence-corrected chi connectivity index (χ4v) is 4.14. The molecule has 0 aliphatic rings. The van der Waals surface area contributed by atoms with Gasteiger partial charge in [-0.3, -0.25) is 0 Å².